The summed E-state index contributed by atoms with van der Waals surface area (Å²) in [5, 5.41) is 3.25. The van der Waals surface area contributed by atoms with Gasteiger partial charge in [-0.1, -0.05) is 0 Å². The quantitative estimate of drug-likeness (QED) is 0.716. The standard InChI is InChI=1S/C18H18F3N5O2/c19-18(20,21)7-14(27)25-10-1-3-11(4-2-10)26-15(28)9-23-13-8-24-17-12(16(13)26)5-6-22-17/h5-6,8-11H,1-4,7H2,(H,22,24)(H,25,27)/t10-,11-. The molecule has 1 fully saturated rings. The van der Waals surface area contributed by atoms with Crippen LogP contribution in [-0.2, 0) is 4.79 Å². The molecule has 4 rings (SSSR count). The van der Waals surface area contributed by atoms with E-state index in [0.717, 1.165) is 5.39 Å². The smallest absolute Gasteiger partial charge is 0.353 e. The Morgan fingerprint density at radius 2 is 1.96 bits per heavy atom. The Morgan fingerprint density at radius 3 is 2.68 bits per heavy atom. The molecule has 0 aliphatic heterocycles. The maximum atomic E-state index is 12.6. The van der Waals surface area contributed by atoms with Gasteiger partial charge in [-0.2, -0.15) is 13.2 Å². The number of aromatic amines is 1. The Labute approximate surface area is 157 Å². The fourth-order valence-corrected chi connectivity index (χ4v) is 3.93. The van der Waals surface area contributed by atoms with Crippen molar-refractivity contribution in [2.24, 2.45) is 0 Å². The molecule has 3 aromatic heterocycles. The van der Waals surface area contributed by atoms with Crippen LogP contribution in [-0.4, -0.2) is 37.6 Å². The zero-order valence-electron chi connectivity index (χ0n) is 14.8. The van der Waals surface area contributed by atoms with Gasteiger partial charge in [0.25, 0.3) is 5.56 Å². The van der Waals surface area contributed by atoms with Gasteiger partial charge >= 0.3 is 6.18 Å². The van der Waals surface area contributed by atoms with Gasteiger partial charge in [-0.25, -0.2) is 9.97 Å². The first kappa shape index (κ1) is 18.5. The minimum Gasteiger partial charge on any atom is -0.353 e. The highest BCUT2D eigenvalue weighted by Gasteiger charge is 2.33. The normalized spacial score (nSPS) is 20.5. The first-order valence-electron chi connectivity index (χ1n) is 9.01. The van der Waals surface area contributed by atoms with Crippen molar-refractivity contribution >= 4 is 28.0 Å². The summed E-state index contributed by atoms with van der Waals surface area (Å²) in [6.07, 6.45) is 0.783. The van der Waals surface area contributed by atoms with Crippen molar-refractivity contribution in [2.45, 2.75) is 50.4 Å². The number of pyridine rings is 1. The largest absolute Gasteiger partial charge is 0.397 e. The Bertz CT molecular complexity index is 1080. The number of carbonyl (C=O) groups is 1. The van der Waals surface area contributed by atoms with Gasteiger partial charge in [0, 0.05) is 23.7 Å². The summed E-state index contributed by atoms with van der Waals surface area (Å²) < 4.78 is 38.7. The number of rotatable bonds is 3. The summed E-state index contributed by atoms with van der Waals surface area (Å²) in [7, 11) is 0. The minimum atomic E-state index is -4.51. The molecule has 0 radical (unpaired) electrons. The van der Waals surface area contributed by atoms with Gasteiger partial charge in [-0.3, -0.25) is 9.59 Å². The zero-order valence-corrected chi connectivity index (χ0v) is 14.8. The van der Waals surface area contributed by atoms with E-state index in [1.54, 1.807) is 17.0 Å². The predicted molar refractivity (Wildman–Crippen MR) is 95.8 cm³/mol. The van der Waals surface area contributed by atoms with E-state index < -0.39 is 18.5 Å². The fraction of sp³-hybridized carbons (Fsp3) is 0.444. The van der Waals surface area contributed by atoms with Crippen molar-refractivity contribution in [3.63, 3.8) is 0 Å². The van der Waals surface area contributed by atoms with Gasteiger partial charge in [-0.15, -0.1) is 0 Å². The number of amides is 1. The maximum Gasteiger partial charge on any atom is 0.397 e. The van der Waals surface area contributed by atoms with E-state index in [2.05, 4.69) is 20.3 Å². The van der Waals surface area contributed by atoms with Crippen molar-refractivity contribution in [3.8, 4) is 0 Å². The molecular formula is C18H18F3N5O2. The number of nitrogens with zero attached hydrogens (tertiary/aromatic N) is 3. The lowest BCUT2D eigenvalue weighted by molar-refractivity contribution is -0.154. The first-order chi connectivity index (χ1) is 13.3. The van der Waals surface area contributed by atoms with E-state index in [0.29, 0.717) is 42.4 Å². The summed E-state index contributed by atoms with van der Waals surface area (Å²) in [4.78, 5) is 35.6. The molecule has 3 aromatic rings. The van der Waals surface area contributed by atoms with Gasteiger partial charge in [0.2, 0.25) is 5.91 Å². The molecule has 3 heterocycles. The van der Waals surface area contributed by atoms with Crippen LogP contribution < -0.4 is 10.9 Å². The topological polar surface area (TPSA) is 92.7 Å². The Kier molecular flexibility index (Phi) is 4.56. The summed E-state index contributed by atoms with van der Waals surface area (Å²) in [5.74, 6) is -1.01. The van der Waals surface area contributed by atoms with Crippen LogP contribution in [0.1, 0.15) is 38.1 Å². The highest BCUT2D eigenvalue weighted by molar-refractivity contribution is 6.00. The monoisotopic (exact) mass is 393 g/mol. The second-order valence-electron chi connectivity index (χ2n) is 7.06. The zero-order chi connectivity index (χ0) is 19.9. The number of alkyl halides is 3. The lowest BCUT2D eigenvalue weighted by atomic mass is 9.90. The lowest BCUT2D eigenvalue weighted by Gasteiger charge is -2.31. The van der Waals surface area contributed by atoms with Gasteiger partial charge < -0.3 is 14.9 Å². The maximum absolute atomic E-state index is 12.6. The number of halogens is 3. The van der Waals surface area contributed by atoms with Crippen LogP contribution >= 0.6 is 0 Å². The van der Waals surface area contributed by atoms with Crippen molar-refractivity contribution in [1.29, 1.82) is 0 Å². The van der Waals surface area contributed by atoms with Crippen LogP contribution in [0.15, 0.2) is 29.5 Å². The SMILES string of the molecule is O=C(CC(F)(F)F)N[C@H]1CC[C@H](n2c(=O)cnc3cnc4[nH]ccc4c32)CC1. The highest BCUT2D eigenvalue weighted by atomic mass is 19.4. The molecule has 1 amide bonds. The van der Waals surface area contributed by atoms with Crippen LogP contribution in [0.5, 0.6) is 0 Å². The number of H-pyrrole nitrogens is 1. The number of nitrogens with one attached hydrogen (secondary N) is 2. The van der Waals surface area contributed by atoms with E-state index >= 15 is 0 Å². The summed E-state index contributed by atoms with van der Waals surface area (Å²) in [6.45, 7) is 0. The summed E-state index contributed by atoms with van der Waals surface area (Å²) >= 11 is 0. The Balaban J connectivity index is 1.56. The highest BCUT2D eigenvalue weighted by Crippen LogP contribution is 2.31. The predicted octanol–water partition coefficient (Wildman–Crippen LogP) is 2.83. The molecule has 1 aliphatic carbocycles. The molecule has 2 N–H and O–H groups in total. The minimum absolute atomic E-state index is 0.116. The molecule has 0 saturated heterocycles. The second kappa shape index (κ2) is 6.92. The van der Waals surface area contributed by atoms with Gasteiger partial charge in [-0.05, 0) is 31.7 Å². The summed E-state index contributed by atoms with van der Waals surface area (Å²) in [6, 6.07) is 1.41. The van der Waals surface area contributed by atoms with E-state index in [1.807, 2.05) is 6.07 Å². The van der Waals surface area contributed by atoms with Gasteiger partial charge in [0.1, 0.15) is 17.6 Å². The van der Waals surface area contributed by atoms with E-state index in [1.165, 1.54) is 6.20 Å². The molecule has 0 unspecified atom stereocenters. The molecule has 7 nitrogen and oxygen atoms in total. The average molecular weight is 393 g/mol. The summed E-state index contributed by atoms with van der Waals surface area (Å²) in [5.41, 5.74) is 1.73. The molecule has 1 aliphatic rings. The molecule has 0 bridgehead atoms. The molecular weight excluding hydrogens is 375 g/mol. The van der Waals surface area contributed by atoms with Crippen LogP contribution in [0, 0.1) is 0 Å². The average Bonchev–Trinajstić information content (AvgIpc) is 3.10. The van der Waals surface area contributed by atoms with E-state index in [4.69, 9.17) is 0 Å². The number of carbonyl (C=O) groups excluding carboxylic acids is 1. The van der Waals surface area contributed by atoms with Crippen molar-refractivity contribution < 1.29 is 18.0 Å². The van der Waals surface area contributed by atoms with Crippen LogP contribution in [0.25, 0.3) is 22.1 Å². The van der Waals surface area contributed by atoms with Gasteiger partial charge in [0.05, 0.1) is 17.9 Å². The Hall–Kier alpha value is -2.91. The fourth-order valence-electron chi connectivity index (χ4n) is 3.93. The molecule has 10 heteroatoms. The van der Waals surface area contributed by atoms with Crippen LogP contribution in [0.2, 0.25) is 0 Å². The third-order valence-electron chi connectivity index (χ3n) is 5.12. The van der Waals surface area contributed by atoms with E-state index in [-0.39, 0.29) is 17.6 Å². The second-order valence-corrected chi connectivity index (χ2v) is 7.06. The van der Waals surface area contributed by atoms with Crippen LogP contribution in [0.3, 0.4) is 0 Å². The van der Waals surface area contributed by atoms with Crippen molar-refractivity contribution in [3.05, 3.63) is 35.0 Å². The third kappa shape index (κ3) is 3.58. The van der Waals surface area contributed by atoms with E-state index in [9.17, 15) is 22.8 Å². The van der Waals surface area contributed by atoms with Crippen LogP contribution in [0.4, 0.5) is 13.2 Å². The number of hydrogen-bond donors (Lipinski definition) is 2. The first-order valence-corrected chi connectivity index (χ1v) is 9.01. The van der Waals surface area contributed by atoms with Gasteiger partial charge in [0.15, 0.2) is 0 Å². The third-order valence-corrected chi connectivity index (χ3v) is 5.12. The van der Waals surface area contributed by atoms with Crippen molar-refractivity contribution in [1.82, 2.24) is 24.8 Å². The number of fused-ring (bicyclic) bond motifs is 3. The molecule has 148 valence electrons. The Morgan fingerprint density at radius 1 is 1.21 bits per heavy atom. The lowest BCUT2D eigenvalue weighted by Crippen LogP contribution is -2.40. The molecule has 0 atom stereocenters. The molecule has 28 heavy (non-hydrogen) atoms. The molecule has 1 saturated carbocycles. The number of hydrogen-bond acceptors (Lipinski definition) is 4. The molecule has 0 spiro atoms. The van der Waals surface area contributed by atoms with Crippen molar-refractivity contribution in [2.75, 3.05) is 0 Å². The number of aromatic nitrogens is 4. The molecule has 0 aromatic carbocycles.